The second kappa shape index (κ2) is 7.36. The van der Waals surface area contributed by atoms with Crippen LogP contribution in [0.3, 0.4) is 0 Å². The minimum atomic E-state index is -0.419. The second-order valence-corrected chi connectivity index (χ2v) is 7.94. The lowest BCUT2D eigenvalue weighted by Crippen LogP contribution is -2.21. The van der Waals surface area contributed by atoms with Crippen LogP contribution in [-0.2, 0) is 4.74 Å². The average molecular weight is 409 g/mol. The van der Waals surface area contributed by atoms with Gasteiger partial charge < -0.3 is 15.0 Å². The number of ether oxygens (including phenoxy) is 1. The molecule has 0 unspecified atom stereocenters. The molecule has 1 amide bonds. The number of nitrogens with zero attached hydrogens (tertiary/aromatic N) is 1. The van der Waals surface area contributed by atoms with E-state index in [1.165, 1.54) is 18.4 Å². The van der Waals surface area contributed by atoms with Crippen LogP contribution in [0.25, 0.3) is 0 Å². The highest BCUT2D eigenvalue weighted by Gasteiger charge is 2.20. The van der Waals surface area contributed by atoms with E-state index in [1.54, 1.807) is 18.2 Å². The number of amides is 1. The van der Waals surface area contributed by atoms with Gasteiger partial charge in [-0.2, -0.15) is 0 Å². The maximum atomic E-state index is 12.5. The summed E-state index contributed by atoms with van der Waals surface area (Å²) in [6.07, 6.45) is 2.26. The van der Waals surface area contributed by atoms with E-state index in [0.717, 1.165) is 35.4 Å². The van der Waals surface area contributed by atoms with Crippen LogP contribution in [-0.4, -0.2) is 32.1 Å². The van der Waals surface area contributed by atoms with E-state index < -0.39 is 5.97 Å². The van der Waals surface area contributed by atoms with E-state index in [0.29, 0.717) is 16.1 Å². The quantitative estimate of drug-likeness (QED) is 0.771. The van der Waals surface area contributed by atoms with Crippen molar-refractivity contribution in [3.8, 4) is 0 Å². The number of halogens is 1. The van der Waals surface area contributed by atoms with Gasteiger partial charge in [-0.15, -0.1) is 11.3 Å². The zero-order valence-corrected chi connectivity index (χ0v) is 15.6. The third kappa shape index (κ3) is 3.62. The summed E-state index contributed by atoms with van der Waals surface area (Å²) in [7, 11) is 1.35. The van der Waals surface area contributed by atoms with Crippen molar-refractivity contribution in [1.82, 2.24) is 0 Å². The summed E-state index contributed by atoms with van der Waals surface area (Å²) in [6.45, 7) is 1.90. The number of hydrogen-bond acceptors (Lipinski definition) is 5. The molecule has 24 heavy (non-hydrogen) atoms. The molecule has 0 aliphatic carbocycles. The lowest BCUT2D eigenvalue weighted by atomic mass is 10.1. The fourth-order valence-electron chi connectivity index (χ4n) is 2.74. The van der Waals surface area contributed by atoms with E-state index in [-0.39, 0.29) is 5.91 Å². The van der Waals surface area contributed by atoms with E-state index in [9.17, 15) is 9.59 Å². The first-order valence-electron chi connectivity index (χ1n) is 7.62. The minimum Gasteiger partial charge on any atom is -0.465 e. The Bertz CT molecular complexity index is 769. The summed E-state index contributed by atoms with van der Waals surface area (Å²) < 4.78 is 5.68. The predicted octanol–water partition coefficient (Wildman–Crippen LogP) is 4.15. The first-order valence-corrected chi connectivity index (χ1v) is 9.23. The first kappa shape index (κ1) is 17.0. The van der Waals surface area contributed by atoms with Crippen molar-refractivity contribution in [2.24, 2.45) is 0 Å². The fourth-order valence-corrected chi connectivity index (χ4v) is 4.02. The molecule has 0 bridgehead atoms. The van der Waals surface area contributed by atoms with Crippen LogP contribution in [0, 0.1) is 0 Å². The SMILES string of the molecule is COC(=O)c1ccc(N2CCCC2)c(NC(=O)c2ccc(Br)s2)c1. The number of nitrogens with one attached hydrogen (secondary N) is 1. The smallest absolute Gasteiger partial charge is 0.337 e. The largest absolute Gasteiger partial charge is 0.465 e. The molecule has 0 saturated carbocycles. The van der Waals surface area contributed by atoms with E-state index >= 15 is 0 Å². The molecule has 2 aromatic rings. The topological polar surface area (TPSA) is 58.6 Å². The summed E-state index contributed by atoms with van der Waals surface area (Å²) in [6, 6.07) is 8.89. The van der Waals surface area contributed by atoms with Gasteiger partial charge in [-0.1, -0.05) is 0 Å². The number of carbonyl (C=O) groups is 2. The lowest BCUT2D eigenvalue weighted by molar-refractivity contribution is 0.0600. The molecular weight excluding hydrogens is 392 g/mol. The Morgan fingerprint density at radius 2 is 1.96 bits per heavy atom. The summed E-state index contributed by atoms with van der Waals surface area (Å²) in [5.41, 5.74) is 1.99. The third-order valence-corrected chi connectivity index (χ3v) is 5.53. The molecule has 2 heterocycles. The van der Waals surface area contributed by atoms with Crippen molar-refractivity contribution in [2.45, 2.75) is 12.8 Å². The van der Waals surface area contributed by atoms with Crippen molar-refractivity contribution in [1.29, 1.82) is 0 Å². The Labute approximate surface area is 152 Å². The fraction of sp³-hybridized carbons (Fsp3) is 0.294. The van der Waals surface area contributed by atoms with Crippen molar-refractivity contribution in [3.05, 3.63) is 44.6 Å². The molecule has 0 atom stereocenters. The molecule has 1 aliphatic rings. The van der Waals surface area contributed by atoms with Crippen molar-refractivity contribution in [2.75, 3.05) is 30.4 Å². The van der Waals surface area contributed by atoms with Gasteiger partial charge >= 0.3 is 5.97 Å². The van der Waals surface area contributed by atoms with Crippen molar-refractivity contribution < 1.29 is 14.3 Å². The number of rotatable bonds is 4. The van der Waals surface area contributed by atoms with Gasteiger partial charge in [0.15, 0.2) is 0 Å². The monoisotopic (exact) mass is 408 g/mol. The van der Waals surface area contributed by atoms with Gasteiger partial charge in [0.05, 0.1) is 32.7 Å². The maximum absolute atomic E-state index is 12.5. The van der Waals surface area contributed by atoms with E-state index in [2.05, 4.69) is 26.1 Å². The highest BCUT2D eigenvalue weighted by atomic mass is 79.9. The highest BCUT2D eigenvalue weighted by molar-refractivity contribution is 9.11. The summed E-state index contributed by atoms with van der Waals surface area (Å²) in [5, 5.41) is 2.94. The molecule has 3 rings (SSSR count). The molecule has 0 radical (unpaired) electrons. The first-order chi connectivity index (χ1) is 11.6. The number of methoxy groups -OCH3 is 1. The van der Waals surface area contributed by atoms with Crippen LogP contribution < -0.4 is 10.2 Å². The zero-order chi connectivity index (χ0) is 17.1. The Morgan fingerprint density at radius 3 is 2.58 bits per heavy atom. The van der Waals surface area contributed by atoms with E-state index in [4.69, 9.17) is 4.74 Å². The number of hydrogen-bond donors (Lipinski definition) is 1. The third-order valence-electron chi connectivity index (χ3n) is 3.91. The molecule has 0 spiro atoms. The molecule has 1 aromatic heterocycles. The molecule has 7 heteroatoms. The molecule has 1 saturated heterocycles. The Morgan fingerprint density at radius 1 is 1.21 bits per heavy atom. The lowest BCUT2D eigenvalue weighted by Gasteiger charge is -2.22. The maximum Gasteiger partial charge on any atom is 0.337 e. The van der Waals surface area contributed by atoms with Crippen LogP contribution in [0.4, 0.5) is 11.4 Å². The number of thiophene rings is 1. The molecule has 1 N–H and O–H groups in total. The number of carbonyl (C=O) groups excluding carboxylic acids is 2. The van der Waals surface area contributed by atoms with Crippen LogP contribution in [0.2, 0.25) is 0 Å². The molecule has 126 valence electrons. The predicted molar refractivity (Wildman–Crippen MR) is 99.2 cm³/mol. The van der Waals surface area contributed by atoms with Gasteiger partial charge in [0, 0.05) is 13.1 Å². The van der Waals surface area contributed by atoms with Crippen LogP contribution in [0.15, 0.2) is 34.1 Å². The number of anilines is 2. The van der Waals surface area contributed by atoms with E-state index in [1.807, 2.05) is 12.1 Å². The Balaban J connectivity index is 1.92. The summed E-state index contributed by atoms with van der Waals surface area (Å²) in [4.78, 5) is 27.1. The zero-order valence-electron chi connectivity index (χ0n) is 13.2. The standard InChI is InChI=1S/C17H17BrN2O3S/c1-23-17(22)11-4-5-13(20-8-2-3-9-20)12(10-11)19-16(21)14-6-7-15(18)24-14/h4-7,10H,2-3,8-9H2,1H3,(H,19,21). The minimum absolute atomic E-state index is 0.187. The van der Waals surface area contributed by atoms with Gasteiger partial charge in [0.25, 0.3) is 5.91 Å². The van der Waals surface area contributed by atoms with Gasteiger partial charge in [0.2, 0.25) is 0 Å². The van der Waals surface area contributed by atoms with Crippen molar-refractivity contribution in [3.63, 3.8) is 0 Å². The van der Waals surface area contributed by atoms with Gasteiger partial charge in [0.1, 0.15) is 0 Å². The van der Waals surface area contributed by atoms with Crippen LogP contribution >= 0.6 is 27.3 Å². The van der Waals surface area contributed by atoms with Gasteiger partial charge in [-0.3, -0.25) is 4.79 Å². The van der Waals surface area contributed by atoms with Crippen LogP contribution in [0.1, 0.15) is 32.9 Å². The molecule has 1 aromatic carbocycles. The van der Waals surface area contributed by atoms with Gasteiger partial charge in [-0.25, -0.2) is 4.79 Å². The molecule has 1 fully saturated rings. The molecular formula is C17H17BrN2O3S. The van der Waals surface area contributed by atoms with Crippen molar-refractivity contribution >= 4 is 50.5 Å². The van der Waals surface area contributed by atoms with Gasteiger partial charge in [-0.05, 0) is 59.1 Å². The molecule has 5 nitrogen and oxygen atoms in total. The highest BCUT2D eigenvalue weighted by Crippen LogP contribution is 2.31. The Hall–Kier alpha value is -1.86. The summed E-state index contributed by atoms with van der Waals surface area (Å²) in [5.74, 6) is -0.606. The Kier molecular flexibility index (Phi) is 5.20. The summed E-state index contributed by atoms with van der Waals surface area (Å²) >= 11 is 4.73. The van der Waals surface area contributed by atoms with Crippen LogP contribution in [0.5, 0.6) is 0 Å². The number of benzene rings is 1. The normalized spacial score (nSPS) is 13.8. The average Bonchev–Trinajstić information content (AvgIpc) is 3.25. The molecule has 1 aliphatic heterocycles. The second-order valence-electron chi connectivity index (χ2n) is 5.48. The number of esters is 1.